The van der Waals surface area contributed by atoms with Crippen molar-refractivity contribution in [3.63, 3.8) is 0 Å². The number of aromatic nitrogens is 1. The van der Waals surface area contributed by atoms with Gasteiger partial charge in [-0.15, -0.1) is 0 Å². The van der Waals surface area contributed by atoms with E-state index in [-0.39, 0.29) is 18.4 Å². The Morgan fingerprint density at radius 1 is 0.900 bits per heavy atom. The second kappa shape index (κ2) is 13.6. The summed E-state index contributed by atoms with van der Waals surface area (Å²) in [7, 11) is 0. The quantitative estimate of drug-likeness (QED) is 0.206. The molecule has 0 saturated heterocycles. The fourth-order valence-corrected chi connectivity index (χ4v) is 4.32. The van der Waals surface area contributed by atoms with Gasteiger partial charge in [0.05, 0.1) is 18.4 Å². The zero-order valence-electron chi connectivity index (χ0n) is 23.5. The lowest BCUT2D eigenvalue weighted by atomic mass is 10.0. The van der Waals surface area contributed by atoms with Crippen molar-refractivity contribution in [2.75, 3.05) is 6.61 Å². The number of carbonyl (C=O) groups excluding carboxylic acids is 2. The molecule has 1 aromatic heterocycles. The van der Waals surface area contributed by atoms with Gasteiger partial charge in [-0.1, -0.05) is 48.5 Å². The Morgan fingerprint density at radius 3 is 2.30 bits per heavy atom. The van der Waals surface area contributed by atoms with E-state index in [4.69, 9.17) is 18.9 Å². The highest BCUT2D eigenvalue weighted by Gasteiger charge is 2.13. The molecule has 40 heavy (non-hydrogen) atoms. The molecule has 1 amide bonds. The SMILES string of the molecule is CC(=O)CCc1ccc(OCCc2nc(-c3ccc(-c4ccccc4)cc3)oc2C)cc1CNC(=O)OC(C)C. The van der Waals surface area contributed by atoms with Gasteiger partial charge in [0.1, 0.15) is 17.3 Å². The molecule has 4 aromatic rings. The molecule has 0 saturated carbocycles. The van der Waals surface area contributed by atoms with Crippen LogP contribution in [-0.2, 0) is 28.9 Å². The number of nitrogens with one attached hydrogen (secondary N) is 1. The number of hydrogen-bond acceptors (Lipinski definition) is 6. The number of aryl methyl sites for hydroxylation is 2. The Kier molecular flexibility index (Phi) is 9.73. The first-order valence-corrected chi connectivity index (χ1v) is 13.6. The number of carbonyl (C=O) groups is 2. The minimum Gasteiger partial charge on any atom is -0.493 e. The molecule has 0 fully saturated rings. The molecule has 0 spiro atoms. The Balaban J connectivity index is 1.38. The van der Waals surface area contributed by atoms with Gasteiger partial charge in [0.2, 0.25) is 5.89 Å². The molecule has 7 heteroatoms. The summed E-state index contributed by atoms with van der Waals surface area (Å²) in [5, 5.41) is 2.78. The Morgan fingerprint density at radius 2 is 1.60 bits per heavy atom. The fourth-order valence-electron chi connectivity index (χ4n) is 4.32. The molecule has 0 radical (unpaired) electrons. The maximum atomic E-state index is 12.0. The van der Waals surface area contributed by atoms with E-state index in [9.17, 15) is 9.59 Å². The van der Waals surface area contributed by atoms with E-state index >= 15 is 0 Å². The summed E-state index contributed by atoms with van der Waals surface area (Å²) in [4.78, 5) is 28.2. The van der Waals surface area contributed by atoms with Gasteiger partial charge >= 0.3 is 6.09 Å². The van der Waals surface area contributed by atoms with Gasteiger partial charge in [-0.05, 0) is 80.6 Å². The number of benzene rings is 3. The van der Waals surface area contributed by atoms with Crippen LogP contribution in [0.25, 0.3) is 22.6 Å². The van der Waals surface area contributed by atoms with E-state index in [1.54, 1.807) is 20.8 Å². The van der Waals surface area contributed by atoms with E-state index in [1.165, 1.54) is 0 Å². The molecule has 0 bridgehead atoms. The Labute approximate surface area is 235 Å². The van der Waals surface area contributed by atoms with Crippen molar-refractivity contribution in [2.45, 2.75) is 59.6 Å². The van der Waals surface area contributed by atoms with Crippen LogP contribution in [-0.4, -0.2) is 29.6 Å². The predicted octanol–water partition coefficient (Wildman–Crippen LogP) is 7.09. The predicted molar refractivity (Wildman–Crippen MR) is 155 cm³/mol. The summed E-state index contributed by atoms with van der Waals surface area (Å²) < 4.78 is 17.2. The standard InChI is InChI=1S/C33H36N2O5/c1-22(2)39-33(37)34-21-29-20-30(17-16-27(29)11-10-23(3)36)38-19-18-31-24(4)40-32(35-31)28-14-12-26(13-15-28)25-8-6-5-7-9-25/h5-9,12-17,20,22H,10-11,18-19,21H2,1-4H3,(H,34,37). The fraction of sp³-hybridized carbons (Fsp3) is 0.303. The summed E-state index contributed by atoms with van der Waals surface area (Å²) in [5.74, 6) is 2.15. The molecule has 208 valence electrons. The lowest BCUT2D eigenvalue weighted by Crippen LogP contribution is -2.26. The molecule has 3 aromatic carbocycles. The van der Waals surface area contributed by atoms with Gasteiger partial charge in [-0.3, -0.25) is 0 Å². The molecule has 0 aliphatic carbocycles. The van der Waals surface area contributed by atoms with Crippen LogP contribution < -0.4 is 10.1 Å². The van der Waals surface area contributed by atoms with Crippen molar-refractivity contribution in [1.29, 1.82) is 0 Å². The van der Waals surface area contributed by atoms with Crippen molar-refractivity contribution in [3.05, 3.63) is 95.4 Å². The second-order valence-electron chi connectivity index (χ2n) is 10.0. The van der Waals surface area contributed by atoms with E-state index < -0.39 is 6.09 Å². The summed E-state index contributed by atoms with van der Waals surface area (Å²) >= 11 is 0. The summed E-state index contributed by atoms with van der Waals surface area (Å²) in [6, 6.07) is 24.2. The maximum Gasteiger partial charge on any atom is 0.407 e. The van der Waals surface area contributed by atoms with Crippen LogP contribution in [0.1, 0.15) is 49.8 Å². The number of nitrogens with zero attached hydrogens (tertiary/aromatic N) is 1. The number of ether oxygens (including phenoxy) is 2. The molecular weight excluding hydrogens is 504 g/mol. The van der Waals surface area contributed by atoms with Crippen molar-refractivity contribution < 1.29 is 23.5 Å². The molecule has 0 atom stereocenters. The minimum absolute atomic E-state index is 0.118. The number of hydrogen-bond donors (Lipinski definition) is 1. The largest absolute Gasteiger partial charge is 0.493 e. The zero-order chi connectivity index (χ0) is 28.5. The first-order chi connectivity index (χ1) is 19.3. The van der Waals surface area contributed by atoms with Crippen LogP contribution in [0, 0.1) is 6.92 Å². The highest BCUT2D eigenvalue weighted by molar-refractivity contribution is 5.75. The molecule has 1 heterocycles. The first kappa shape index (κ1) is 28.6. The van der Waals surface area contributed by atoms with E-state index in [0.29, 0.717) is 37.5 Å². The van der Waals surface area contributed by atoms with Crippen LogP contribution in [0.5, 0.6) is 5.75 Å². The minimum atomic E-state index is -0.481. The molecular formula is C33H36N2O5. The molecule has 4 rings (SSSR count). The molecule has 0 aliphatic rings. The van der Waals surface area contributed by atoms with E-state index in [1.807, 2.05) is 55.5 Å². The van der Waals surface area contributed by atoms with Gasteiger partial charge in [0.15, 0.2) is 0 Å². The van der Waals surface area contributed by atoms with Crippen molar-refractivity contribution in [2.24, 2.45) is 0 Å². The number of rotatable bonds is 12. The van der Waals surface area contributed by atoms with Crippen LogP contribution in [0.2, 0.25) is 0 Å². The maximum absolute atomic E-state index is 12.0. The van der Waals surface area contributed by atoms with Crippen molar-refractivity contribution >= 4 is 11.9 Å². The normalized spacial score (nSPS) is 10.9. The van der Waals surface area contributed by atoms with Gasteiger partial charge in [0.25, 0.3) is 0 Å². The average molecular weight is 541 g/mol. The van der Waals surface area contributed by atoms with E-state index in [0.717, 1.165) is 39.3 Å². The van der Waals surface area contributed by atoms with Gasteiger partial charge in [0, 0.05) is 24.9 Å². The van der Waals surface area contributed by atoms with Crippen LogP contribution >= 0.6 is 0 Å². The molecule has 0 unspecified atom stereocenters. The topological polar surface area (TPSA) is 90.7 Å². The summed E-state index contributed by atoms with van der Waals surface area (Å²) in [6.07, 6.45) is 0.926. The third-order valence-corrected chi connectivity index (χ3v) is 6.43. The van der Waals surface area contributed by atoms with Crippen LogP contribution in [0.15, 0.2) is 77.2 Å². The highest BCUT2D eigenvalue weighted by atomic mass is 16.6. The van der Waals surface area contributed by atoms with Crippen LogP contribution in [0.4, 0.5) is 4.79 Å². The first-order valence-electron chi connectivity index (χ1n) is 13.6. The van der Waals surface area contributed by atoms with E-state index in [2.05, 4.69) is 29.6 Å². The zero-order valence-corrected chi connectivity index (χ0v) is 23.5. The van der Waals surface area contributed by atoms with Crippen molar-refractivity contribution in [3.8, 4) is 28.3 Å². The average Bonchev–Trinajstić information content (AvgIpc) is 3.31. The Bertz CT molecular complexity index is 1430. The Hall–Kier alpha value is -4.39. The molecule has 0 aliphatic heterocycles. The lowest BCUT2D eigenvalue weighted by molar-refractivity contribution is -0.116. The molecule has 1 N–H and O–H groups in total. The molecule has 7 nitrogen and oxygen atoms in total. The number of oxazole rings is 1. The van der Waals surface area contributed by atoms with Gasteiger partial charge < -0.3 is 24.0 Å². The second-order valence-corrected chi connectivity index (χ2v) is 10.0. The highest BCUT2D eigenvalue weighted by Crippen LogP contribution is 2.26. The number of amides is 1. The third-order valence-electron chi connectivity index (χ3n) is 6.43. The third kappa shape index (κ3) is 8.06. The smallest absolute Gasteiger partial charge is 0.407 e. The summed E-state index contributed by atoms with van der Waals surface area (Å²) in [6.45, 7) is 7.78. The monoisotopic (exact) mass is 540 g/mol. The van der Waals surface area contributed by atoms with Gasteiger partial charge in [-0.2, -0.15) is 0 Å². The summed E-state index contributed by atoms with van der Waals surface area (Å²) in [5.41, 5.74) is 5.94. The number of ketones is 1. The van der Waals surface area contributed by atoms with Gasteiger partial charge in [-0.25, -0.2) is 9.78 Å². The number of Topliss-reactive ketones (excluding diaryl/α,β-unsaturated/α-hetero) is 1. The number of alkyl carbamates (subject to hydrolysis) is 1. The lowest BCUT2D eigenvalue weighted by Gasteiger charge is -2.14. The van der Waals surface area contributed by atoms with Crippen molar-refractivity contribution in [1.82, 2.24) is 10.3 Å². The van der Waals surface area contributed by atoms with Crippen LogP contribution in [0.3, 0.4) is 0 Å².